The fourth-order valence-electron chi connectivity index (χ4n) is 3.26. The number of H-pyrrole nitrogens is 1. The van der Waals surface area contributed by atoms with Crippen molar-refractivity contribution in [3.05, 3.63) is 75.1 Å². The Hall–Kier alpha value is -2.98. The van der Waals surface area contributed by atoms with E-state index < -0.39 is 43.3 Å². The first-order valence-electron chi connectivity index (χ1n) is 10.8. The Morgan fingerprint density at radius 2 is 2.00 bits per heavy atom. The third kappa shape index (κ3) is 6.54. The molecule has 0 spiro atoms. The Labute approximate surface area is 196 Å². The molecule has 0 saturated heterocycles. The van der Waals surface area contributed by atoms with Gasteiger partial charge in [-0.3, -0.25) is 23.7 Å². The molecule has 0 radical (unpaired) electrons. The average molecular weight is 493 g/mol. The minimum absolute atomic E-state index is 0.193. The highest BCUT2D eigenvalue weighted by molar-refractivity contribution is 7.52. The summed E-state index contributed by atoms with van der Waals surface area (Å²) in [4.78, 5) is 38.1. The number of rotatable bonds is 11. The van der Waals surface area contributed by atoms with Crippen molar-refractivity contribution >= 4 is 13.7 Å². The largest absolute Gasteiger partial charge is 0.468 e. The van der Waals surface area contributed by atoms with E-state index in [2.05, 4.69) is 10.1 Å². The van der Waals surface area contributed by atoms with Crippen LogP contribution < -0.4 is 20.9 Å². The lowest BCUT2D eigenvalue weighted by atomic mass is 10.2. The van der Waals surface area contributed by atoms with Crippen LogP contribution in [-0.2, 0) is 23.4 Å². The Balaban J connectivity index is 1.73. The summed E-state index contributed by atoms with van der Waals surface area (Å²) >= 11 is 0. The molecule has 34 heavy (non-hydrogen) atoms. The highest BCUT2D eigenvalue weighted by Gasteiger charge is 2.35. The number of nitrogens with zero attached hydrogens (tertiary/aromatic N) is 1. The molecule has 0 fully saturated rings. The van der Waals surface area contributed by atoms with Gasteiger partial charge in [0.2, 0.25) is 0 Å². The molecule has 11 nitrogen and oxygen atoms in total. The number of para-hydroxylation sites is 1. The van der Waals surface area contributed by atoms with E-state index in [0.717, 1.165) is 0 Å². The number of carbonyl (C=O) groups is 1. The molecule has 2 N–H and O–H groups in total. The smallest absolute Gasteiger partial charge is 0.459 e. The van der Waals surface area contributed by atoms with Gasteiger partial charge in [0.15, 0.2) is 6.23 Å². The molecule has 0 bridgehead atoms. The number of aryl methyl sites for hydroxylation is 1. The molecule has 0 amide bonds. The molecule has 3 rings (SSSR count). The first-order valence-corrected chi connectivity index (χ1v) is 12.3. The molecule has 1 aromatic carbocycles. The third-order valence-corrected chi connectivity index (χ3v) is 6.55. The monoisotopic (exact) mass is 493 g/mol. The van der Waals surface area contributed by atoms with Crippen molar-refractivity contribution in [2.75, 3.05) is 13.7 Å². The van der Waals surface area contributed by atoms with E-state index in [0.29, 0.717) is 18.4 Å². The minimum Gasteiger partial charge on any atom is -0.468 e. The van der Waals surface area contributed by atoms with Gasteiger partial charge in [-0.25, -0.2) is 9.36 Å². The Morgan fingerprint density at radius 1 is 1.26 bits per heavy atom. The van der Waals surface area contributed by atoms with E-state index in [1.165, 1.54) is 17.9 Å². The third-order valence-electron chi connectivity index (χ3n) is 4.98. The van der Waals surface area contributed by atoms with Gasteiger partial charge in [0.05, 0.1) is 13.7 Å². The van der Waals surface area contributed by atoms with Crippen molar-refractivity contribution in [1.82, 2.24) is 14.6 Å². The molecule has 2 aromatic rings. The number of esters is 1. The van der Waals surface area contributed by atoms with Crippen LogP contribution in [0.5, 0.6) is 5.75 Å². The number of carbonyl (C=O) groups excluding carboxylic acids is 1. The summed E-state index contributed by atoms with van der Waals surface area (Å²) < 4.78 is 36.7. The van der Waals surface area contributed by atoms with Gasteiger partial charge in [0.25, 0.3) is 5.56 Å². The average Bonchev–Trinajstić information content (AvgIpc) is 3.29. The van der Waals surface area contributed by atoms with Crippen LogP contribution >= 0.6 is 7.75 Å². The number of benzene rings is 1. The standard InChI is InChI=1S/C22H28N3O8P/c1-4-8-18(21(27)30-3)24-34(29,33-16-9-6-5-7-10-16)31-14-17-11-12-19(32-17)25-13-15(2)20(26)23-22(25)28/h5-7,9-13,17-19H,4,8,14H2,1-3H3,(H,24,29)(H,23,26,28)/t17-,18?,19+,34?/m0/s1. The second-order valence-corrected chi connectivity index (χ2v) is 9.31. The summed E-state index contributed by atoms with van der Waals surface area (Å²) in [6, 6.07) is 7.51. The molecule has 1 aromatic heterocycles. The first kappa shape index (κ1) is 25.6. The SMILES string of the molecule is CCCC(NP(=O)(OC[C@@H]1C=C[C@H](n2cc(C)c(=O)[nH]c2=O)O1)Oc1ccccc1)C(=O)OC. The number of aromatic nitrogens is 2. The molecule has 4 atom stereocenters. The first-order chi connectivity index (χ1) is 16.2. The molecule has 12 heteroatoms. The lowest BCUT2D eigenvalue weighted by molar-refractivity contribution is -0.142. The number of aromatic amines is 1. The van der Waals surface area contributed by atoms with Crippen LogP contribution in [0.1, 0.15) is 31.6 Å². The number of methoxy groups -OCH3 is 1. The summed E-state index contributed by atoms with van der Waals surface area (Å²) in [7, 11) is -2.80. The molecular formula is C22H28N3O8P. The summed E-state index contributed by atoms with van der Waals surface area (Å²) in [6.07, 6.45) is 4.21. The fourth-order valence-corrected chi connectivity index (χ4v) is 4.79. The van der Waals surface area contributed by atoms with E-state index in [4.69, 9.17) is 18.5 Å². The van der Waals surface area contributed by atoms with Crippen molar-refractivity contribution in [3.63, 3.8) is 0 Å². The zero-order valence-corrected chi connectivity index (χ0v) is 20.0. The van der Waals surface area contributed by atoms with Gasteiger partial charge in [-0.05, 0) is 31.6 Å². The normalized spacial score (nSPS) is 20.0. The van der Waals surface area contributed by atoms with Crippen LogP contribution in [0, 0.1) is 6.92 Å². The van der Waals surface area contributed by atoms with Gasteiger partial charge in [-0.1, -0.05) is 37.6 Å². The van der Waals surface area contributed by atoms with Gasteiger partial charge in [-0.15, -0.1) is 0 Å². The molecule has 2 heterocycles. The summed E-state index contributed by atoms with van der Waals surface area (Å²) in [5.41, 5.74) is -0.737. The van der Waals surface area contributed by atoms with E-state index >= 15 is 0 Å². The Bertz CT molecular complexity index is 1180. The van der Waals surface area contributed by atoms with Gasteiger partial charge < -0.3 is 14.0 Å². The zero-order chi connectivity index (χ0) is 24.7. The Morgan fingerprint density at radius 3 is 2.68 bits per heavy atom. The number of nitrogens with one attached hydrogen (secondary N) is 2. The minimum atomic E-state index is -4.04. The molecule has 1 aliphatic heterocycles. The van der Waals surface area contributed by atoms with E-state index in [1.54, 1.807) is 49.4 Å². The molecular weight excluding hydrogens is 465 g/mol. The molecule has 1 aliphatic rings. The highest BCUT2D eigenvalue weighted by Crippen LogP contribution is 2.45. The zero-order valence-electron chi connectivity index (χ0n) is 19.1. The van der Waals surface area contributed by atoms with Crippen LogP contribution in [0.15, 0.2) is 58.3 Å². The van der Waals surface area contributed by atoms with Crippen LogP contribution in [0.25, 0.3) is 0 Å². The summed E-state index contributed by atoms with van der Waals surface area (Å²) in [5, 5.41) is 2.68. The lowest BCUT2D eigenvalue weighted by Gasteiger charge is -2.25. The predicted octanol–water partition coefficient (Wildman–Crippen LogP) is 2.43. The van der Waals surface area contributed by atoms with Crippen molar-refractivity contribution < 1.29 is 27.9 Å². The maximum atomic E-state index is 13.6. The summed E-state index contributed by atoms with van der Waals surface area (Å²) in [5.74, 6) is -0.304. The fraction of sp³-hybridized carbons (Fsp3) is 0.409. The van der Waals surface area contributed by atoms with Crippen molar-refractivity contribution in [2.45, 2.75) is 45.1 Å². The highest BCUT2D eigenvalue weighted by atomic mass is 31.2. The molecule has 2 unspecified atom stereocenters. The Kier molecular flexibility index (Phi) is 8.62. The van der Waals surface area contributed by atoms with Crippen LogP contribution in [0.2, 0.25) is 0 Å². The number of hydrogen-bond donors (Lipinski definition) is 2. The molecule has 0 saturated carbocycles. The van der Waals surface area contributed by atoms with Crippen molar-refractivity contribution in [2.24, 2.45) is 0 Å². The predicted molar refractivity (Wildman–Crippen MR) is 124 cm³/mol. The van der Waals surface area contributed by atoms with E-state index in [1.807, 2.05) is 6.92 Å². The van der Waals surface area contributed by atoms with Crippen molar-refractivity contribution in [1.29, 1.82) is 0 Å². The van der Waals surface area contributed by atoms with Crippen LogP contribution in [0.3, 0.4) is 0 Å². The van der Waals surface area contributed by atoms with Gasteiger partial charge >= 0.3 is 19.4 Å². The molecule has 184 valence electrons. The van der Waals surface area contributed by atoms with Gasteiger partial charge in [0, 0.05) is 11.8 Å². The number of ether oxygens (including phenoxy) is 2. The van der Waals surface area contributed by atoms with Gasteiger partial charge in [-0.2, -0.15) is 5.09 Å². The molecule has 0 aliphatic carbocycles. The van der Waals surface area contributed by atoms with Gasteiger partial charge in [0.1, 0.15) is 17.9 Å². The maximum absolute atomic E-state index is 13.6. The quantitative estimate of drug-likeness (QED) is 0.275. The van der Waals surface area contributed by atoms with Crippen LogP contribution in [-0.4, -0.2) is 41.4 Å². The summed E-state index contributed by atoms with van der Waals surface area (Å²) in [6.45, 7) is 3.26. The second-order valence-electron chi connectivity index (χ2n) is 7.62. The topological polar surface area (TPSA) is 138 Å². The van der Waals surface area contributed by atoms with E-state index in [-0.39, 0.29) is 12.4 Å². The number of hydrogen-bond acceptors (Lipinski definition) is 8. The van der Waals surface area contributed by atoms with Crippen LogP contribution in [0.4, 0.5) is 0 Å². The van der Waals surface area contributed by atoms with E-state index in [9.17, 15) is 18.9 Å². The second kappa shape index (κ2) is 11.4. The van der Waals surface area contributed by atoms with Crippen molar-refractivity contribution in [3.8, 4) is 5.75 Å². The maximum Gasteiger partial charge on any atom is 0.459 e. The lowest BCUT2D eigenvalue weighted by Crippen LogP contribution is -2.37.